The van der Waals surface area contributed by atoms with E-state index in [0.29, 0.717) is 11.3 Å². The first-order valence-corrected chi connectivity index (χ1v) is 4.47. The molecule has 0 aliphatic heterocycles. The van der Waals surface area contributed by atoms with Crippen LogP contribution in [0.2, 0.25) is 0 Å². The van der Waals surface area contributed by atoms with E-state index in [4.69, 9.17) is 9.84 Å². The van der Waals surface area contributed by atoms with Gasteiger partial charge in [0.05, 0.1) is 13.7 Å². The normalized spacial score (nSPS) is 14.9. The van der Waals surface area contributed by atoms with E-state index in [9.17, 15) is 4.39 Å². The molecule has 0 aliphatic rings. The summed E-state index contributed by atoms with van der Waals surface area (Å²) in [4.78, 5) is 0. The van der Waals surface area contributed by atoms with Crippen LogP contribution in [0.5, 0.6) is 5.75 Å². The van der Waals surface area contributed by atoms with Crippen LogP contribution in [-0.4, -0.2) is 18.8 Å². The van der Waals surface area contributed by atoms with E-state index in [1.165, 1.54) is 14.0 Å². The number of aryl methyl sites for hydroxylation is 1. The van der Waals surface area contributed by atoms with Crippen molar-refractivity contribution in [1.82, 2.24) is 0 Å². The highest BCUT2D eigenvalue weighted by atomic mass is 19.1. The summed E-state index contributed by atoms with van der Waals surface area (Å²) >= 11 is 0. The highest BCUT2D eigenvalue weighted by molar-refractivity contribution is 5.43. The third kappa shape index (κ3) is 1.87. The van der Waals surface area contributed by atoms with Crippen molar-refractivity contribution in [2.24, 2.45) is 0 Å². The lowest BCUT2D eigenvalue weighted by molar-refractivity contribution is 0.0840. The molecule has 0 spiro atoms. The lowest BCUT2D eigenvalue weighted by Gasteiger charge is -2.21. The van der Waals surface area contributed by atoms with Gasteiger partial charge in [-0.3, -0.25) is 0 Å². The highest BCUT2D eigenvalue weighted by Gasteiger charge is 2.28. The van der Waals surface area contributed by atoms with Crippen molar-refractivity contribution in [2.45, 2.75) is 19.5 Å². The standard InChI is InChI=1S/C11H15FO2/c1-8-5-4-6-9(10(8)14-3)11(2,12)7-13/h4-6,13H,7H2,1-3H3. The molecule has 0 heterocycles. The number of aliphatic hydroxyl groups is 1. The van der Waals surface area contributed by atoms with Crippen LogP contribution in [0, 0.1) is 6.92 Å². The van der Waals surface area contributed by atoms with Gasteiger partial charge in [-0.15, -0.1) is 0 Å². The van der Waals surface area contributed by atoms with E-state index in [1.807, 2.05) is 13.0 Å². The Morgan fingerprint density at radius 2 is 2.14 bits per heavy atom. The van der Waals surface area contributed by atoms with Gasteiger partial charge in [-0.2, -0.15) is 0 Å². The van der Waals surface area contributed by atoms with Crippen molar-refractivity contribution in [2.75, 3.05) is 13.7 Å². The van der Waals surface area contributed by atoms with Crippen molar-refractivity contribution in [3.63, 3.8) is 0 Å². The van der Waals surface area contributed by atoms with E-state index in [1.54, 1.807) is 12.1 Å². The first kappa shape index (κ1) is 11.0. The smallest absolute Gasteiger partial charge is 0.159 e. The fourth-order valence-corrected chi connectivity index (χ4v) is 1.42. The van der Waals surface area contributed by atoms with Crippen LogP contribution in [0.25, 0.3) is 0 Å². The summed E-state index contributed by atoms with van der Waals surface area (Å²) in [6.07, 6.45) is 0. The number of rotatable bonds is 3. The summed E-state index contributed by atoms with van der Waals surface area (Å²) in [6, 6.07) is 5.22. The van der Waals surface area contributed by atoms with E-state index in [0.717, 1.165) is 5.56 Å². The van der Waals surface area contributed by atoms with E-state index < -0.39 is 12.3 Å². The predicted molar refractivity (Wildman–Crippen MR) is 53.3 cm³/mol. The molecule has 0 bridgehead atoms. The van der Waals surface area contributed by atoms with E-state index in [-0.39, 0.29) is 0 Å². The molecule has 1 atom stereocenters. The zero-order chi connectivity index (χ0) is 10.8. The molecule has 0 saturated carbocycles. The third-order valence-corrected chi connectivity index (χ3v) is 2.27. The van der Waals surface area contributed by atoms with Crippen LogP contribution in [0.1, 0.15) is 18.1 Å². The Bertz CT molecular complexity index is 321. The molecule has 1 rings (SSSR count). The molecule has 78 valence electrons. The molecule has 0 radical (unpaired) electrons. The maximum Gasteiger partial charge on any atom is 0.159 e. The number of para-hydroxylation sites is 1. The van der Waals surface area contributed by atoms with Crippen LogP contribution in [0.15, 0.2) is 18.2 Å². The second-order valence-corrected chi connectivity index (χ2v) is 3.51. The Hall–Kier alpha value is -1.09. The first-order valence-electron chi connectivity index (χ1n) is 4.47. The number of methoxy groups -OCH3 is 1. The maximum atomic E-state index is 13.8. The molecular weight excluding hydrogens is 183 g/mol. The quantitative estimate of drug-likeness (QED) is 0.806. The second-order valence-electron chi connectivity index (χ2n) is 3.51. The number of ether oxygens (including phenoxy) is 1. The van der Waals surface area contributed by atoms with Gasteiger partial charge in [-0.05, 0) is 19.4 Å². The Morgan fingerprint density at radius 3 is 2.64 bits per heavy atom. The molecule has 1 aromatic rings. The fraction of sp³-hybridized carbons (Fsp3) is 0.455. The molecule has 0 amide bonds. The number of halogens is 1. The van der Waals surface area contributed by atoms with Crippen molar-refractivity contribution >= 4 is 0 Å². The number of aliphatic hydroxyl groups excluding tert-OH is 1. The van der Waals surface area contributed by atoms with Crippen LogP contribution in [0.3, 0.4) is 0 Å². The van der Waals surface area contributed by atoms with Crippen LogP contribution in [0.4, 0.5) is 4.39 Å². The molecular formula is C11H15FO2. The minimum absolute atomic E-state index is 0.391. The van der Waals surface area contributed by atoms with Gasteiger partial charge in [0.2, 0.25) is 0 Å². The van der Waals surface area contributed by atoms with Gasteiger partial charge in [0.25, 0.3) is 0 Å². The van der Waals surface area contributed by atoms with Gasteiger partial charge in [0, 0.05) is 5.56 Å². The Morgan fingerprint density at radius 1 is 1.50 bits per heavy atom. The van der Waals surface area contributed by atoms with Crippen LogP contribution >= 0.6 is 0 Å². The zero-order valence-corrected chi connectivity index (χ0v) is 8.67. The van der Waals surface area contributed by atoms with Gasteiger partial charge in [0.1, 0.15) is 5.75 Å². The Labute approximate surface area is 83.3 Å². The molecule has 0 aromatic heterocycles. The van der Waals surface area contributed by atoms with Gasteiger partial charge in [-0.25, -0.2) is 4.39 Å². The summed E-state index contributed by atoms with van der Waals surface area (Å²) in [6.45, 7) is 2.63. The molecule has 1 N–H and O–H groups in total. The number of alkyl halides is 1. The molecule has 0 fully saturated rings. The maximum absolute atomic E-state index is 13.8. The fourth-order valence-electron chi connectivity index (χ4n) is 1.42. The van der Waals surface area contributed by atoms with Crippen molar-refractivity contribution < 1.29 is 14.2 Å². The molecule has 0 saturated heterocycles. The summed E-state index contributed by atoms with van der Waals surface area (Å²) in [5.74, 6) is 0.506. The average Bonchev–Trinajstić information content (AvgIpc) is 2.17. The lowest BCUT2D eigenvalue weighted by Crippen LogP contribution is -2.21. The van der Waals surface area contributed by atoms with Crippen molar-refractivity contribution in [1.29, 1.82) is 0 Å². The van der Waals surface area contributed by atoms with Gasteiger partial charge in [0.15, 0.2) is 5.67 Å². The van der Waals surface area contributed by atoms with Gasteiger partial charge >= 0.3 is 0 Å². The molecule has 3 heteroatoms. The highest BCUT2D eigenvalue weighted by Crippen LogP contribution is 2.34. The Kier molecular flexibility index (Phi) is 3.11. The molecule has 1 aromatic carbocycles. The topological polar surface area (TPSA) is 29.5 Å². The summed E-state index contributed by atoms with van der Waals surface area (Å²) in [5, 5.41) is 8.93. The Balaban J connectivity index is 3.27. The van der Waals surface area contributed by atoms with Gasteiger partial charge in [-0.1, -0.05) is 18.2 Å². The predicted octanol–water partition coefficient (Wildman–Crippen LogP) is 2.18. The van der Waals surface area contributed by atoms with Crippen molar-refractivity contribution in [3.8, 4) is 5.75 Å². The zero-order valence-electron chi connectivity index (χ0n) is 8.67. The average molecular weight is 198 g/mol. The third-order valence-electron chi connectivity index (χ3n) is 2.27. The minimum Gasteiger partial charge on any atom is -0.496 e. The molecule has 2 nitrogen and oxygen atoms in total. The van der Waals surface area contributed by atoms with Gasteiger partial charge < -0.3 is 9.84 Å². The van der Waals surface area contributed by atoms with E-state index >= 15 is 0 Å². The van der Waals surface area contributed by atoms with E-state index in [2.05, 4.69) is 0 Å². The SMILES string of the molecule is COc1c(C)cccc1C(C)(F)CO. The molecule has 0 aliphatic carbocycles. The number of hydrogen-bond acceptors (Lipinski definition) is 2. The minimum atomic E-state index is -1.75. The monoisotopic (exact) mass is 198 g/mol. The summed E-state index contributed by atoms with van der Waals surface area (Å²) in [7, 11) is 1.50. The first-order chi connectivity index (χ1) is 6.53. The molecule has 1 unspecified atom stereocenters. The molecule has 14 heavy (non-hydrogen) atoms. The number of hydrogen-bond donors (Lipinski definition) is 1. The largest absolute Gasteiger partial charge is 0.496 e. The second kappa shape index (κ2) is 3.96. The van der Waals surface area contributed by atoms with Crippen molar-refractivity contribution in [3.05, 3.63) is 29.3 Å². The van der Waals surface area contributed by atoms with Crippen LogP contribution < -0.4 is 4.74 Å². The summed E-state index contributed by atoms with van der Waals surface area (Å²) in [5.41, 5.74) is -0.498. The number of benzene rings is 1. The lowest BCUT2D eigenvalue weighted by atomic mass is 9.96. The summed E-state index contributed by atoms with van der Waals surface area (Å²) < 4.78 is 19.0. The van der Waals surface area contributed by atoms with Crippen LogP contribution in [-0.2, 0) is 5.67 Å².